The number of hydrogen-bond acceptors (Lipinski definition) is 3. The highest BCUT2D eigenvalue weighted by atomic mass is 32.2. The van der Waals surface area contributed by atoms with Crippen molar-refractivity contribution in [2.24, 2.45) is 0 Å². The number of benzene rings is 2. The topological polar surface area (TPSA) is 63.6 Å². The van der Waals surface area contributed by atoms with Crippen molar-refractivity contribution in [2.45, 2.75) is 24.8 Å². The van der Waals surface area contributed by atoms with Gasteiger partial charge in [0.1, 0.15) is 11.9 Å². The Kier molecular flexibility index (Phi) is 4.11. The van der Waals surface area contributed by atoms with Gasteiger partial charge in [0.15, 0.2) is 0 Å². The Balaban J connectivity index is 2.32. The highest BCUT2D eigenvalue weighted by molar-refractivity contribution is 7.85. The Labute approximate surface area is 118 Å². The van der Waals surface area contributed by atoms with Crippen molar-refractivity contribution in [1.29, 1.82) is 0 Å². The Morgan fingerprint density at radius 1 is 1.10 bits per heavy atom. The molecule has 1 N–H and O–H groups in total. The molecule has 0 bridgehead atoms. The molecule has 4 nitrogen and oxygen atoms in total. The molecule has 2 aromatic rings. The van der Waals surface area contributed by atoms with Crippen LogP contribution in [0.4, 0.5) is 0 Å². The van der Waals surface area contributed by atoms with E-state index in [4.69, 9.17) is 9.29 Å². The van der Waals surface area contributed by atoms with E-state index in [1.165, 1.54) is 12.1 Å². The van der Waals surface area contributed by atoms with Crippen molar-refractivity contribution < 1.29 is 17.7 Å². The summed E-state index contributed by atoms with van der Waals surface area (Å²) in [4.78, 5) is -0.124. The number of rotatable bonds is 4. The largest absolute Gasteiger partial charge is 0.486 e. The average Bonchev–Trinajstić information content (AvgIpc) is 2.39. The van der Waals surface area contributed by atoms with Gasteiger partial charge in [-0.1, -0.05) is 24.3 Å². The summed E-state index contributed by atoms with van der Waals surface area (Å²) in [5, 5.41) is 0. The van der Waals surface area contributed by atoms with Crippen molar-refractivity contribution in [3.63, 3.8) is 0 Å². The maximum Gasteiger partial charge on any atom is 0.294 e. The van der Waals surface area contributed by atoms with Crippen LogP contribution in [0.2, 0.25) is 0 Å². The fraction of sp³-hybridized carbons (Fsp3) is 0.200. The summed E-state index contributed by atoms with van der Waals surface area (Å²) in [5.74, 6) is 0.705. The maximum absolute atomic E-state index is 11.2. The second-order valence-electron chi connectivity index (χ2n) is 4.57. The second-order valence-corrected chi connectivity index (χ2v) is 5.99. The zero-order valence-electron chi connectivity index (χ0n) is 11.3. The molecule has 0 fully saturated rings. The van der Waals surface area contributed by atoms with Crippen LogP contribution < -0.4 is 4.74 Å². The molecule has 0 spiro atoms. The molecule has 2 aromatic carbocycles. The third-order valence-electron chi connectivity index (χ3n) is 3.04. The summed E-state index contributed by atoms with van der Waals surface area (Å²) in [5.41, 5.74) is 1.63. The molecule has 0 aliphatic carbocycles. The molecule has 1 atom stereocenters. The highest BCUT2D eigenvalue weighted by Gasteiger charge is 2.16. The lowest BCUT2D eigenvalue weighted by atomic mass is 10.0. The predicted molar refractivity (Wildman–Crippen MR) is 76.5 cm³/mol. The molecule has 106 valence electrons. The van der Waals surface area contributed by atoms with Gasteiger partial charge in [-0.15, -0.1) is 0 Å². The monoisotopic (exact) mass is 292 g/mol. The molecular weight excluding hydrogens is 276 g/mol. The van der Waals surface area contributed by atoms with Gasteiger partial charge in [0.05, 0.1) is 4.90 Å². The van der Waals surface area contributed by atoms with Gasteiger partial charge in [-0.2, -0.15) is 8.42 Å². The van der Waals surface area contributed by atoms with Gasteiger partial charge in [-0.05, 0) is 49.2 Å². The number of hydrogen-bond donors (Lipinski definition) is 1. The second kappa shape index (κ2) is 5.64. The van der Waals surface area contributed by atoms with E-state index < -0.39 is 10.1 Å². The summed E-state index contributed by atoms with van der Waals surface area (Å²) in [6, 6.07) is 13.8. The molecule has 0 saturated heterocycles. The van der Waals surface area contributed by atoms with Crippen molar-refractivity contribution in [2.75, 3.05) is 0 Å². The first-order valence-corrected chi connectivity index (χ1v) is 7.61. The molecule has 0 aliphatic rings. The van der Waals surface area contributed by atoms with E-state index in [9.17, 15) is 8.42 Å². The molecule has 0 aliphatic heterocycles. The Hall–Kier alpha value is -1.85. The van der Waals surface area contributed by atoms with E-state index in [-0.39, 0.29) is 11.0 Å². The van der Waals surface area contributed by atoms with Gasteiger partial charge in [-0.3, -0.25) is 4.55 Å². The van der Waals surface area contributed by atoms with Crippen LogP contribution in [-0.2, 0) is 10.1 Å². The standard InChI is InChI=1S/C15H16O4S/c1-11-8-9-14(20(16,17)18)10-15(11)12(2)19-13-6-4-3-5-7-13/h3-10,12H,1-2H3,(H,16,17,18). The van der Waals surface area contributed by atoms with E-state index in [0.29, 0.717) is 5.75 Å². The van der Waals surface area contributed by atoms with Crippen LogP contribution in [0.1, 0.15) is 24.2 Å². The van der Waals surface area contributed by atoms with E-state index in [0.717, 1.165) is 11.1 Å². The highest BCUT2D eigenvalue weighted by Crippen LogP contribution is 2.26. The van der Waals surface area contributed by atoms with E-state index >= 15 is 0 Å². The first-order valence-electron chi connectivity index (χ1n) is 6.17. The Bertz CT molecular complexity index is 693. The molecule has 20 heavy (non-hydrogen) atoms. The van der Waals surface area contributed by atoms with Crippen molar-refractivity contribution in [3.05, 3.63) is 59.7 Å². The quantitative estimate of drug-likeness (QED) is 0.877. The molecule has 0 heterocycles. The zero-order valence-corrected chi connectivity index (χ0v) is 12.1. The third-order valence-corrected chi connectivity index (χ3v) is 3.89. The van der Waals surface area contributed by atoms with Crippen LogP contribution in [-0.4, -0.2) is 13.0 Å². The molecule has 2 rings (SSSR count). The van der Waals surface area contributed by atoms with Gasteiger partial charge < -0.3 is 4.74 Å². The molecule has 0 aromatic heterocycles. The lowest BCUT2D eigenvalue weighted by molar-refractivity contribution is 0.226. The van der Waals surface area contributed by atoms with Crippen LogP contribution in [0.3, 0.4) is 0 Å². The summed E-state index contributed by atoms with van der Waals surface area (Å²) in [6.45, 7) is 3.71. The number of ether oxygens (including phenoxy) is 1. The molecular formula is C15H16O4S. The Morgan fingerprint density at radius 2 is 1.75 bits per heavy atom. The number of para-hydroxylation sites is 1. The SMILES string of the molecule is Cc1ccc(S(=O)(=O)O)cc1C(C)Oc1ccccc1. The van der Waals surface area contributed by atoms with Crippen molar-refractivity contribution in [1.82, 2.24) is 0 Å². The van der Waals surface area contributed by atoms with Crippen LogP contribution in [0, 0.1) is 6.92 Å². The Morgan fingerprint density at radius 3 is 2.35 bits per heavy atom. The summed E-state index contributed by atoms with van der Waals surface area (Å²) >= 11 is 0. The predicted octanol–water partition coefficient (Wildman–Crippen LogP) is 3.38. The fourth-order valence-electron chi connectivity index (χ4n) is 1.98. The molecule has 1 unspecified atom stereocenters. The van der Waals surface area contributed by atoms with Crippen LogP contribution in [0.15, 0.2) is 53.4 Å². The van der Waals surface area contributed by atoms with E-state index in [2.05, 4.69) is 0 Å². The lowest BCUT2D eigenvalue weighted by Crippen LogP contribution is -2.07. The first kappa shape index (κ1) is 14.6. The van der Waals surface area contributed by atoms with Crippen LogP contribution >= 0.6 is 0 Å². The molecule has 0 saturated carbocycles. The van der Waals surface area contributed by atoms with E-state index in [1.807, 2.05) is 44.2 Å². The van der Waals surface area contributed by atoms with Gasteiger partial charge in [0.2, 0.25) is 0 Å². The minimum absolute atomic E-state index is 0.124. The van der Waals surface area contributed by atoms with Crippen LogP contribution in [0.5, 0.6) is 5.75 Å². The summed E-state index contributed by atoms with van der Waals surface area (Å²) < 4.78 is 37.3. The zero-order chi connectivity index (χ0) is 14.8. The van der Waals surface area contributed by atoms with Crippen LogP contribution in [0.25, 0.3) is 0 Å². The minimum atomic E-state index is -4.20. The first-order chi connectivity index (χ1) is 9.38. The molecule has 5 heteroatoms. The van der Waals surface area contributed by atoms with Gasteiger partial charge >= 0.3 is 0 Å². The van der Waals surface area contributed by atoms with Crippen molar-refractivity contribution >= 4 is 10.1 Å². The number of aryl methyl sites for hydroxylation is 1. The van der Waals surface area contributed by atoms with Crippen molar-refractivity contribution in [3.8, 4) is 5.75 Å². The van der Waals surface area contributed by atoms with E-state index in [1.54, 1.807) is 6.07 Å². The molecule has 0 amide bonds. The summed E-state index contributed by atoms with van der Waals surface area (Å²) in [7, 11) is -4.20. The average molecular weight is 292 g/mol. The fourth-order valence-corrected chi connectivity index (χ4v) is 2.50. The minimum Gasteiger partial charge on any atom is -0.486 e. The van der Waals surface area contributed by atoms with Gasteiger partial charge in [0.25, 0.3) is 10.1 Å². The maximum atomic E-state index is 11.2. The third kappa shape index (κ3) is 3.37. The lowest BCUT2D eigenvalue weighted by Gasteiger charge is -2.17. The normalized spacial score (nSPS) is 12.9. The summed E-state index contributed by atoms with van der Waals surface area (Å²) in [6.07, 6.45) is -0.320. The van der Waals surface area contributed by atoms with Gasteiger partial charge in [0, 0.05) is 0 Å². The van der Waals surface area contributed by atoms with Gasteiger partial charge in [-0.25, -0.2) is 0 Å². The molecule has 0 radical (unpaired) electrons. The smallest absolute Gasteiger partial charge is 0.294 e.